The standard InChI is InChI=1S/C26H42N4O3/c27-19-26(13-14-30(20-26)22-9-5-2-6-10-22)28-24(31)11-12-25(32)29-15-16-33-23(18-29)17-21-7-3-1-4-8-21/h21-23H,1-18,20H2,(H,28,31). The van der Waals surface area contributed by atoms with Crippen molar-refractivity contribution in [2.75, 3.05) is 32.8 Å². The number of carbonyl (C=O) groups excluding carboxylic acids is 2. The second kappa shape index (κ2) is 11.7. The average molecular weight is 459 g/mol. The molecule has 7 heteroatoms. The van der Waals surface area contributed by atoms with Gasteiger partial charge in [0.1, 0.15) is 5.54 Å². The van der Waals surface area contributed by atoms with Gasteiger partial charge in [-0.1, -0.05) is 51.4 Å². The summed E-state index contributed by atoms with van der Waals surface area (Å²) < 4.78 is 5.95. The van der Waals surface area contributed by atoms with Crippen molar-refractivity contribution < 1.29 is 14.3 Å². The molecule has 2 aliphatic carbocycles. The van der Waals surface area contributed by atoms with Crippen molar-refractivity contribution in [2.45, 2.75) is 108 Å². The summed E-state index contributed by atoms with van der Waals surface area (Å²) in [7, 11) is 0. The molecule has 7 nitrogen and oxygen atoms in total. The van der Waals surface area contributed by atoms with E-state index in [9.17, 15) is 14.9 Å². The Bertz CT molecular complexity index is 711. The van der Waals surface area contributed by atoms with Crippen molar-refractivity contribution in [3.05, 3.63) is 0 Å². The van der Waals surface area contributed by atoms with Gasteiger partial charge in [-0.15, -0.1) is 0 Å². The topological polar surface area (TPSA) is 85.7 Å². The fourth-order valence-electron chi connectivity index (χ4n) is 6.41. The number of likely N-dealkylation sites (tertiary alicyclic amines) is 1. The molecule has 2 heterocycles. The highest BCUT2D eigenvalue weighted by Crippen LogP contribution is 2.30. The summed E-state index contributed by atoms with van der Waals surface area (Å²) in [6.07, 6.45) is 15.0. The zero-order valence-electron chi connectivity index (χ0n) is 20.2. The zero-order chi connectivity index (χ0) is 23.1. The van der Waals surface area contributed by atoms with Gasteiger partial charge in [-0.2, -0.15) is 5.26 Å². The van der Waals surface area contributed by atoms with Crippen LogP contribution in [-0.2, 0) is 14.3 Å². The molecule has 2 atom stereocenters. The summed E-state index contributed by atoms with van der Waals surface area (Å²) in [6.45, 7) is 3.33. The molecule has 4 rings (SSSR count). The second-order valence-electron chi connectivity index (χ2n) is 10.8. The lowest BCUT2D eigenvalue weighted by molar-refractivity contribution is -0.141. The fourth-order valence-corrected chi connectivity index (χ4v) is 6.41. The quantitative estimate of drug-likeness (QED) is 0.632. The van der Waals surface area contributed by atoms with Gasteiger partial charge in [-0.25, -0.2) is 0 Å². The van der Waals surface area contributed by atoms with E-state index in [0.29, 0.717) is 38.7 Å². The molecule has 184 valence electrons. The highest BCUT2D eigenvalue weighted by atomic mass is 16.5. The maximum atomic E-state index is 12.8. The van der Waals surface area contributed by atoms with Gasteiger partial charge in [-0.05, 0) is 31.6 Å². The third kappa shape index (κ3) is 6.70. The van der Waals surface area contributed by atoms with Crippen LogP contribution in [0.4, 0.5) is 0 Å². The summed E-state index contributed by atoms with van der Waals surface area (Å²) in [5.74, 6) is 0.581. The average Bonchev–Trinajstić information content (AvgIpc) is 3.28. The first kappa shape index (κ1) is 24.5. The molecule has 4 aliphatic rings. The van der Waals surface area contributed by atoms with Crippen LogP contribution in [0, 0.1) is 17.2 Å². The number of nitrogens with zero attached hydrogens (tertiary/aromatic N) is 3. The Morgan fingerprint density at radius 1 is 1.00 bits per heavy atom. The van der Waals surface area contributed by atoms with Gasteiger partial charge < -0.3 is 15.0 Å². The number of carbonyl (C=O) groups is 2. The maximum Gasteiger partial charge on any atom is 0.223 e. The number of hydrogen-bond acceptors (Lipinski definition) is 5. The third-order valence-electron chi connectivity index (χ3n) is 8.36. The first-order chi connectivity index (χ1) is 16.1. The third-order valence-corrected chi connectivity index (χ3v) is 8.36. The van der Waals surface area contributed by atoms with Gasteiger partial charge in [0.2, 0.25) is 11.8 Å². The Balaban J connectivity index is 1.20. The van der Waals surface area contributed by atoms with Crippen LogP contribution in [0.1, 0.15) is 89.9 Å². The Morgan fingerprint density at radius 2 is 1.73 bits per heavy atom. The number of morpholine rings is 1. The molecule has 0 aromatic rings. The molecule has 2 amide bonds. The Morgan fingerprint density at radius 3 is 2.45 bits per heavy atom. The lowest BCUT2D eigenvalue weighted by Crippen LogP contribution is -2.51. The zero-order valence-corrected chi connectivity index (χ0v) is 20.2. The molecule has 0 spiro atoms. The highest BCUT2D eigenvalue weighted by Gasteiger charge is 2.42. The molecule has 2 saturated heterocycles. The summed E-state index contributed by atoms with van der Waals surface area (Å²) in [5.41, 5.74) is -0.804. The van der Waals surface area contributed by atoms with E-state index >= 15 is 0 Å². The predicted molar refractivity (Wildman–Crippen MR) is 126 cm³/mol. The van der Waals surface area contributed by atoms with Crippen LogP contribution in [0.15, 0.2) is 0 Å². The van der Waals surface area contributed by atoms with Gasteiger partial charge in [-0.3, -0.25) is 14.5 Å². The molecule has 4 fully saturated rings. The second-order valence-corrected chi connectivity index (χ2v) is 10.8. The number of ether oxygens (including phenoxy) is 1. The molecular weight excluding hydrogens is 416 g/mol. The minimum absolute atomic E-state index is 0.0309. The number of rotatable bonds is 7. The van der Waals surface area contributed by atoms with Crippen molar-refractivity contribution in [3.8, 4) is 6.07 Å². The summed E-state index contributed by atoms with van der Waals surface area (Å²) in [6, 6.07) is 2.94. The molecule has 0 bridgehead atoms. The Hall–Kier alpha value is -1.65. The summed E-state index contributed by atoms with van der Waals surface area (Å²) >= 11 is 0. The Labute approximate surface area is 199 Å². The SMILES string of the molecule is N#CC1(NC(=O)CCC(=O)N2CCOC(CC3CCCCC3)C2)CCN(C2CCCCC2)C1. The largest absolute Gasteiger partial charge is 0.375 e. The first-order valence-electron chi connectivity index (χ1n) is 13.4. The molecule has 0 aromatic heterocycles. The monoisotopic (exact) mass is 458 g/mol. The highest BCUT2D eigenvalue weighted by molar-refractivity contribution is 5.84. The minimum atomic E-state index is -0.804. The van der Waals surface area contributed by atoms with E-state index in [4.69, 9.17) is 4.74 Å². The van der Waals surface area contributed by atoms with E-state index in [1.54, 1.807) is 0 Å². The van der Waals surface area contributed by atoms with Crippen LogP contribution in [0.2, 0.25) is 0 Å². The van der Waals surface area contributed by atoms with Gasteiger partial charge in [0.15, 0.2) is 0 Å². The van der Waals surface area contributed by atoms with Crippen molar-refractivity contribution in [1.82, 2.24) is 15.1 Å². The lowest BCUT2D eigenvalue weighted by atomic mass is 9.85. The van der Waals surface area contributed by atoms with Gasteiger partial charge >= 0.3 is 0 Å². The van der Waals surface area contributed by atoms with E-state index < -0.39 is 5.54 Å². The number of nitrogens with one attached hydrogen (secondary N) is 1. The van der Waals surface area contributed by atoms with Crippen LogP contribution in [0.25, 0.3) is 0 Å². The van der Waals surface area contributed by atoms with Gasteiger partial charge in [0, 0.05) is 45.1 Å². The van der Waals surface area contributed by atoms with Crippen molar-refractivity contribution in [3.63, 3.8) is 0 Å². The maximum absolute atomic E-state index is 12.8. The number of amides is 2. The van der Waals surface area contributed by atoms with E-state index in [2.05, 4.69) is 16.3 Å². The normalized spacial score (nSPS) is 30.2. The molecular formula is C26H42N4O3. The number of hydrogen-bond donors (Lipinski definition) is 1. The molecule has 2 aliphatic heterocycles. The van der Waals surface area contributed by atoms with Crippen molar-refractivity contribution in [2.24, 2.45) is 5.92 Å². The van der Waals surface area contributed by atoms with Crippen LogP contribution in [-0.4, -0.2) is 72.1 Å². The molecule has 2 saturated carbocycles. The lowest BCUT2D eigenvalue weighted by Gasteiger charge is -2.35. The fraction of sp³-hybridized carbons (Fsp3) is 0.885. The van der Waals surface area contributed by atoms with E-state index in [0.717, 1.165) is 18.9 Å². The van der Waals surface area contributed by atoms with E-state index in [1.807, 2.05) is 4.90 Å². The van der Waals surface area contributed by atoms with Crippen LogP contribution in [0.5, 0.6) is 0 Å². The molecule has 0 radical (unpaired) electrons. The first-order valence-corrected chi connectivity index (χ1v) is 13.4. The number of nitriles is 1. The van der Waals surface area contributed by atoms with Crippen LogP contribution in [0.3, 0.4) is 0 Å². The minimum Gasteiger partial charge on any atom is -0.375 e. The van der Waals surface area contributed by atoms with Crippen molar-refractivity contribution in [1.29, 1.82) is 5.26 Å². The van der Waals surface area contributed by atoms with Crippen molar-refractivity contribution >= 4 is 11.8 Å². The van der Waals surface area contributed by atoms with Crippen LogP contribution >= 0.6 is 0 Å². The van der Waals surface area contributed by atoms with E-state index in [1.165, 1.54) is 64.2 Å². The summed E-state index contributed by atoms with van der Waals surface area (Å²) in [5, 5.41) is 12.8. The van der Waals surface area contributed by atoms with Gasteiger partial charge in [0.05, 0.1) is 18.8 Å². The molecule has 1 N–H and O–H groups in total. The van der Waals surface area contributed by atoms with E-state index in [-0.39, 0.29) is 30.8 Å². The molecule has 33 heavy (non-hydrogen) atoms. The molecule has 2 unspecified atom stereocenters. The van der Waals surface area contributed by atoms with Crippen LogP contribution < -0.4 is 5.32 Å². The smallest absolute Gasteiger partial charge is 0.223 e. The summed E-state index contributed by atoms with van der Waals surface area (Å²) in [4.78, 5) is 29.8. The predicted octanol–water partition coefficient (Wildman–Crippen LogP) is 3.38. The Kier molecular flexibility index (Phi) is 8.65. The van der Waals surface area contributed by atoms with Gasteiger partial charge in [0.25, 0.3) is 0 Å². The molecule has 0 aromatic carbocycles.